The standard InChI is InChI=1S/C13H16ClN5O/c1-9-7-10(14)3-4-11(9)17-12-8-16-19-13(18-12)15-5-6-20-2/h3-4,7-8H,5-6H2,1-2H3,(H2,15,17,18,19). The molecular weight excluding hydrogens is 278 g/mol. The normalized spacial score (nSPS) is 10.3. The smallest absolute Gasteiger partial charge is 0.244 e. The molecule has 1 aromatic heterocycles. The molecule has 0 aliphatic rings. The van der Waals surface area contributed by atoms with Gasteiger partial charge in [-0.05, 0) is 30.7 Å². The van der Waals surface area contributed by atoms with Gasteiger partial charge in [0.25, 0.3) is 0 Å². The summed E-state index contributed by atoms with van der Waals surface area (Å²) in [6, 6.07) is 5.61. The number of benzene rings is 1. The third-order valence-corrected chi connectivity index (χ3v) is 2.83. The van der Waals surface area contributed by atoms with Crippen molar-refractivity contribution in [1.29, 1.82) is 0 Å². The van der Waals surface area contributed by atoms with E-state index in [0.29, 0.717) is 29.9 Å². The van der Waals surface area contributed by atoms with Gasteiger partial charge in [0.15, 0.2) is 5.82 Å². The summed E-state index contributed by atoms with van der Waals surface area (Å²) in [6.07, 6.45) is 1.57. The number of aryl methyl sites for hydroxylation is 1. The second-order valence-electron chi connectivity index (χ2n) is 4.17. The molecule has 0 aliphatic carbocycles. The molecule has 0 bridgehead atoms. The lowest BCUT2D eigenvalue weighted by molar-refractivity contribution is 0.210. The number of hydrogen-bond donors (Lipinski definition) is 2. The highest BCUT2D eigenvalue weighted by molar-refractivity contribution is 6.30. The van der Waals surface area contributed by atoms with E-state index in [2.05, 4.69) is 25.8 Å². The Labute approximate surface area is 122 Å². The van der Waals surface area contributed by atoms with E-state index in [0.717, 1.165) is 11.3 Å². The Morgan fingerprint density at radius 3 is 2.95 bits per heavy atom. The molecule has 7 heteroatoms. The van der Waals surface area contributed by atoms with Gasteiger partial charge in [0, 0.05) is 24.4 Å². The summed E-state index contributed by atoms with van der Waals surface area (Å²) >= 11 is 5.93. The molecule has 106 valence electrons. The van der Waals surface area contributed by atoms with Gasteiger partial charge in [-0.2, -0.15) is 10.1 Å². The van der Waals surface area contributed by atoms with Crippen molar-refractivity contribution < 1.29 is 4.74 Å². The van der Waals surface area contributed by atoms with Crippen LogP contribution in [0.1, 0.15) is 5.56 Å². The molecule has 20 heavy (non-hydrogen) atoms. The van der Waals surface area contributed by atoms with Crippen LogP contribution in [0.25, 0.3) is 0 Å². The Morgan fingerprint density at radius 1 is 1.35 bits per heavy atom. The predicted molar refractivity (Wildman–Crippen MR) is 79.7 cm³/mol. The van der Waals surface area contributed by atoms with E-state index in [1.54, 1.807) is 13.3 Å². The van der Waals surface area contributed by atoms with Crippen molar-refractivity contribution in [2.45, 2.75) is 6.92 Å². The number of halogens is 1. The minimum Gasteiger partial charge on any atom is -0.383 e. The summed E-state index contributed by atoms with van der Waals surface area (Å²) in [6.45, 7) is 3.18. The third kappa shape index (κ3) is 4.04. The average Bonchev–Trinajstić information content (AvgIpc) is 2.43. The molecule has 0 amide bonds. The first-order valence-electron chi connectivity index (χ1n) is 6.15. The number of ether oxygens (including phenoxy) is 1. The summed E-state index contributed by atoms with van der Waals surface area (Å²) in [4.78, 5) is 4.32. The number of anilines is 3. The first-order chi connectivity index (χ1) is 9.69. The number of rotatable bonds is 6. The van der Waals surface area contributed by atoms with E-state index < -0.39 is 0 Å². The van der Waals surface area contributed by atoms with Gasteiger partial charge in [-0.1, -0.05) is 11.6 Å². The van der Waals surface area contributed by atoms with E-state index in [-0.39, 0.29) is 0 Å². The third-order valence-electron chi connectivity index (χ3n) is 2.60. The summed E-state index contributed by atoms with van der Waals surface area (Å²) in [5.74, 6) is 1.07. The van der Waals surface area contributed by atoms with Crippen molar-refractivity contribution in [1.82, 2.24) is 15.2 Å². The second kappa shape index (κ2) is 7.02. The molecule has 0 unspecified atom stereocenters. The molecule has 0 radical (unpaired) electrons. The van der Waals surface area contributed by atoms with E-state index in [9.17, 15) is 0 Å². The van der Waals surface area contributed by atoms with Crippen molar-refractivity contribution >= 4 is 29.1 Å². The maximum Gasteiger partial charge on any atom is 0.244 e. The van der Waals surface area contributed by atoms with Gasteiger partial charge in [-0.15, -0.1) is 5.10 Å². The molecule has 0 spiro atoms. The fraction of sp³-hybridized carbons (Fsp3) is 0.308. The first-order valence-corrected chi connectivity index (χ1v) is 6.52. The highest BCUT2D eigenvalue weighted by Crippen LogP contribution is 2.22. The fourth-order valence-corrected chi connectivity index (χ4v) is 1.84. The van der Waals surface area contributed by atoms with E-state index >= 15 is 0 Å². The van der Waals surface area contributed by atoms with Crippen molar-refractivity contribution in [3.8, 4) is 0 Å². The van der Waals surface area contributed by atoms with Gasteiger partial charge >= 0.3 is 0 Å². The highest BCUT2D eigenvalue weighted by Gasteiger charge is 2.03. The summed E-state index contributed by atoms with van der Waals surface area (Å²) < 4.78 is 4.95. The van der Waals surface area contributed by atoms with Crippen molar-refractivity contribution in [2.75, 3.05) is 30.9 Å². The number of nitrogens with one attached hydrogen (secondary N) is 2. The molecule has 2 N–H and O–H groups in total. The second-order valence-corrected chi connectivity index (χ2v) is 4.61. The largest absolute Gasteiger partial charge is 0.383 e. The molecule has 2 aromatic rings. The number of methoxy groups -OCH3 is 1. The minimum absolute atomic E-state index is 0.457. The lowest BCUT2D eigenvalue weighted by atomic mass is 10.2. The zero-order valence-corrected chi connectivity index (χ0v) is 12.1. The van der Waals surface area contributed by atoms with Crippen LogP contribution in [0.4, 0.5) is 17.5 Å². The molecule has 1 aromatic carbocycles. The monoisotopic (exact) mass is 293 g/mol. The lowest BCUT2D eigenvalue weighted by Gasteiger charge is -2.09. The number of hydrogen-bond acceptors (Lipinski definition) is 6. The van der Waals surface area contributed by atoms with Gasteiger partial charge in [0.2, 0.25) is 5.95 Å². The summed E-state index contributed by atoms with van der Waals surface area (Å²) in [5.41, 5.74) is 1.96. The fourth-order valence-electron chi connectivity index (χ4n) is 1.61. The van der Waals surface area contributed by atoms with Crippen LogP contribution in [-0.2, 0) is 4.74 Å². The Morgan fingerprint density at radius 2 is 2.20 bits per heavy atom. The molecule has 0 atom stereocenters. The zero-order valence-electron chi connectivity index (χ0n) is 11.4. The Balaban J connectivity index is 2.07. The first kappa shape index (κ1) is 14.5. The molecule has 6 nitrogen and oxygen atoms in total. The SMILES string of the molecule is COCCNc1nncc(Nc2ccc(Cl)cc2C)n1. The summed E-state index contributed by atoms with van der Waals surface area (Å²) in [7, 11) is 1.64. The van der Waals surface area contributed by atoms with Crippen molar-refractivity contribution in [3.63, 3.8) is 0 Å². The predicted octanol–water partition coefficient (Wildman–Crippen LogP) is 2.64. The van der Waals surface area contributed by atoms with Gasteiger partial charge in [-0.25, -0.2) is 0 Å². The Hall–Kier alpha value is -1.92. The van der Waals surface area contributed by atoms with Crippen LogP contribution in [0.15, 0.2) is 24.4 Å². The summed E-state index contributed by atoms with van der Waals surface area (Å²) in [5, 5.41) is 14.7. The molecule has 0 saturated heterocycles. The lowest BCUT2D eigenvalue weighted by Crippen LogP contribution is -2.11. The Bertz CT molecular complexity index is 578. The van der Waals surface area contributed by atoms with E-state index in [1.807, 2.05) is 25.1 Å². The van der Waals surface area contributed by atoms with Crippen molar-refractivity contribution in [2.24, 2.45) is 0 Å². The quantitative estimate of drug-likeness (QED) is 0.798. The van der Waals surface area contributed by atoms with Gasteiger partial charge < -0.3 is 15.4 Å². The van der Waals surface area contributed by atoms with Crippen LogP contribution >= 0.6 is 11.6 Å². The topological polar surface area (TPSA) is 72.0 Å². The van der Waals surface area contributed by atoms with Crippen LogP contribution in [0.2, 0.25) is 5.02 Å². The van der Waals surface area contributed by atoms with Crippen LogP contribution in [0.5, 0.6) is 0 Å². The number of aromatic nitrogens is 3. The molecule has 0 saturated carbocycles. The Kier molecular flexibility index (Phi) is 5.09. The zero-order chi connectivity index (χ0) is 14.4. The molecule has 1 heterocycles. The average molecular weight is 294 g/mol. The maximum absolute atomic E-state index is 5.93. The van der Waals surface area contributed by atoms with E-state index in [4.69, 9.17) is 16.3 Å². The maximum atomic E-state index is 5.93. The van der Waals surface area contributed by atoms with Crippen LogP contribution in [0.3, 0.4) is 0 Å². The van der Waals surface area contributed by atoms with Crippen LogP contribution in [-0.4, -0.2) is 35.4 Å². The van der Waals surface area contributed by atoms with Gasteiger partial charge in [0.05, 0.1) is 12.8 Å². The van der Waals surface area contributed by atoms with Crippen LogP contribution < -0.4 is 10.6 Å². The molecule has 0 fully saturated rings. The van der Waals surface area contributed by atoms with Gasteiger partial charge in [-0.3, -0.25) is 0 Å². The molecular formula is C13H16ClN5O. The molecule has 0 aliphatic heterocycles. The minimum atomic E-state index is 0.457. The van der Waals surface area contributed by atoms with Gasteiger partial charge in [0.1, 0.15) is 0 Å². The highest BCUT2D eigenvalue weighted by atomic mass is 35.5. The van der Waals surface area contributed by atoms with Crippen LogP contribution in [0, 0.1) is 6.92 Å². The number of nitrogens with zero attached hydrogens (tertiary/aromatic N) is 3. The van der Waals surface area contributed by atoms with Crippen molar-refractivity contribution in [3.05, 3.63) is 35.0 Å². The van der Waals surface area contributed by atoms with E-state index in [1.165, 1.54) is 0 Å². The molecule has 2 rings (SSSR count).